The van der Waals surface area contributed by atoms with Gasteiger partial charge in [-0.15, -0.1) is 0 Å². The number of carbonyl (C=O) groups excluding carboxylic acids is 1. The molecule has 38 heavy (non-hydrogen) atoms. The van der Waals surface area contributed by atoms with Gasteiger partial charge in [0.25, 0.3) is 11.5 Å². The van der Waals surface area contributed by atoms with Crippen molar-refractivity contribution < 1.29 is 18.7 Å². The van der Waals surface area contributed by atoms with Gasteiger partial charge in [0.05, 0.1) is 38.2 Å². The van der Waals surface area contributed by atoms with E-state index in [1.54, 1.807) is 24.3 Å². The number of rotatable bonds is 8. The van der Waals surface area contributed by atoms with E-state index in [9.17, 15) is 18.8 Å². The Morgan fingerprint density at radius 3 is 2.32 bits per heavy atom. The van der Waals surface area contributed by atoms with E-state index in [4.69, 9.17) is 21.1 Å². The number of hydrogen-bond acceptors (Lipinski definition) is 5. The second-order valence-corrected chi connectivity index (χ2v) is 9.54. The van der Waals surface area contributed by atoms with Gasteiger partial charge in [0.15, 0.2) is 11.5 Å². The minimum absolute atomic E-state index is 0.0581. The van der Waals surface area contributed by atoms with Crippen LogP contribution < -0.4 is 26.0 Å². The van der Waals surface area contributed by atoms with E-state index in [-0.39, 0.29) is 46.5 Å². The summed E-state index contributed by atoms with van der Waals surface area (Å²) in [5, 5.41) is 3.27. The van der Waals surface area contributed by atoms with E-state index in [2.05, 4.69) is 5.32 Å². The van der Waals surface area contributed by atoms with Crippen molar-refractivity contribution in [1.29, 1.82) is 0 Å². The van der Waals surface area contributed by atoms with E-state index in [1.165, 1.54) is 49.1 Å². The number of methoxy groups -OCH3 is 2. The van der Waals surface area contributed by atoms with Crippen LogP contribution in [0.1, 0.15) is 34.3 Å². The Balaban J connectivity index is 1.62. The highest BCUT2D eigenvalue weighted by Crippen LogP contribution is 2.31. The van der Waals surface area contributed by atoms with Crippen molar-refractivity contribution in [3.05, 3.63) is 103 Å². The lowest BCUT2D eigenvalue weighted by Crippen LogP contribution is -2.40. The Bertz CT molecular complexity index is 1640. The maximum absolute atomic E-state index is 14.7. The van der Waals surface area contributed by atoms with Gasteiger partial charge < -0.3 is 14.8 Å². The number of fused-ring (bicyclic) bond motifs is 1. The van der Waals surface area contributed by atoms with Crippen LogP contribution in [-0.2, 0) is 13.1 Å². The Labute approximate surface area is 222 Å². The molecule has 1 aliphatic carbocycles. The van der Waals surface area contributed by atoms with Gasteiger partial charge in [0.1, 0.15) is 5.82 Å². The first kappa shape index (κ1) is 25.5. The Morgan fingerprint density at radius 2 is 1.68 bits per heavy atom. The van der Waals surface area contributed by atoms with Crippen LogP contribution in [0.2, 0.25) is 5.02 Å². The molecule has 1 amide bonds. The normalized spacial score (nSPS) is 12.9. The second kappa shape index (κ2) is 10.3. The molecule has 0 saturated heterocycles. The lowest BCUT2D eigenvalue weighted by molar-refractivity contribution is 0.0951. The first-order chi connectivity index (χ1) is 18.3. The van der Waals surface area contributed by atoms with Crippen LogP contribution in [0.25, 0.3) is 10.9 Å². The average molecular weight is 538 g/mol. The molecule has 1 heterocycles. The number of amides is 1. The number of halogens is 2. The van der Waals surface area contributed by atoms with Gasteiger partial charge in [0.2, 0.25) is 0 Å². The largest absolute Gasteiger partial charge is 0.493 e. The van der Waals surface area contributed by atoms with E-state index < -0.39 is 17.1 Å². The molecule has 5 rings (SSSR count). The van der Waals surface area contributed by atoms with Gasteiger partial charge >= 0.3 is 5.69 Å². The summed E-state index contributed by atoms with van der Waals surface area (Å²) in [6, 6.07) is 14.2. The minimum Gasteiger partial charge on any atom is -0.493 e. The highest BCUT2D eigenvalue weighted by atomic mass is 35.5. The molecule has 0 spiro atoms. The molecular formula is C28H25ClFN3O5. The van der Waals surface area contributed by atoms with Crippen molar-refractivity contribution in [1.82, 2.24) is 14.5 Å². The van der Waals surface area contributed by atoms with Crippen LogP contribution in [0, 0.1) is 5.82 Å². The standard InChI is InChI=1S/C28H25ClFN3O5/c1-37-24-12-19-23(13-25(24)38-2)32(15-20-21(29)4-3-5-22(20)30)28(36)33(27(19)35)14-16-6-8-17(9-7-16)26(34)31-18-10-11-18/h3-9,12-13,18H,10-11,14-15H2,1-2H3,(H,31,34). The summed E-state index contributed by atoms with van der Waals surface area (Å²) >= 11 is 6.26. The maximum Gasteiger partial charge on any atom is 0.332 e. The topological polar surface area (TPSA) is 91.6 Å². The number of hydrogen-bond donors (Lipinski definition) is 1. The smallest absolute Gasteiger partial charge is 0.332 e. The summed E-state index contributed by atoms with van der Waals surface area (Å²) in [6.45, 7) is -0.269. The predicted octanol–water partition coefficient (Wildman–Crippen LogP) is 3.96. The van der Waals surface area contributed by atoms with Crippen molar-refractivity contribution in [2.24, 2.45) is 0 Å². The third-order valence-electron chi connectivity index (χ3n) is 6.58. The molecule has 0 bridgehead atoms. The van der Waals surface area contributed by atoms with E-state index in [1.807, 2.05) is 0 Å². The van der Waals surface area contributed by atoms with Crippen molar-refractivity contribution >= 4 is 28.4 Å². The zero-order valence-corrected chi connectivity index (χ0v) is 21.5. The number of nitrogens with zero attached hydrogens (tertiary/aromatic N) is 2. The van der Waals surface area contributed by atoms with Crippen LogP contribution in [0.5, 0.6) is 11.5 Å². The molecule has 1 saturated carbocycles. The zero-order chi connectivity index (χ0) is 27.0. The molecule has 3 aromatic carbocycles. The molecular weight excluding hydrogens is 513 g/mol. The van der Waals surface area contributed by atoms with Gasteiger partial charge in [-0.1, -0.05) is 29.8 Å². The number of benzene rings is 3. The summed E-state index contributed by atoms with van der Waals surface area (Å²) in [7, 11) is 2.88. The van der Waals surface area contributed by atoms with Gasteiger partial charge in [-0.2, -0.15) is 0 Å². The van der Waals surface area contributed by atoms with E-state index in [0.29, 0.717) is 22.6 Å². The fourth-order valence-electron chi connectivity index (χ4n) is 4.32. The summed E-state index contributed by atoms with van der Waals surface area (Å²) in [5.41, 5.74) is 0.309. The van der Waals surface area contributed by atoms with Crippen LogP contribution >= 0.6 is 11.6 Å². The maximum atomic E-state index is 14.7. The molecule has 0 atom stereocenters. The summed E-state index contributed by atoms with van der Waals surface area (Å²) in [5.74, 6) is -0.114. The summed E-state index contributed by atoms with van der Waals surface area (Å²) in [4.78, 5) is 39.6. The number of ether oxygens (including phenoxy) is 2. The molecule has 1 fully saturated rings. The molecule has 0 radical (unpaired) electrons. The minimum atomic E-state index is -0.649. The van der Waals surface area contributed by atoms with Crippen LogP contribution in [-0.4, -0.2) is 35.3 Å². The quantitative estimate of drug-likeness (QED) is 0.367. The molecule has 0 unspecified atom stereocenters. The molecule has 1 aromatic heterocycles. The zero-order valence-electron chi connectivity index (χ0n) is 20.8. The molecule has 1 N–H and O–H groups in total. The fraction of sp³-hybridized carbons (Fsp3) is 0.250. The first-order valence-corrected chi connectivity index (χ1v) is 12.4. The Kier molecular flexibility index (Phi) is 6.94. The fourth-order valence-corrected chi connectivity index (χ4v) is 4.54. The van der Waals surface area contributed by atoms with Crippen LogP contribution in [0.3, 0.4) is 0 Å². The van der Waals surface area contributed by atoms with Crippen molar-refractivity contribution in [2.45, 2.75) is 32.0 Å². The Hall–Kier alpha value is -4.11. The van der Waals surface area contributed by atoms with Gasteiger partial charge in [0, 0.05) is 28.3 Å². The third kappa shape index (κ3) is 4.89. The molecule has 4 aromatic rings. The molecule has 0 aliphatic heterocycles. The van der Waals surface area contributed by atoms with E-state index >= 15 is 0 Å². The summed E-state index contributed by atoms with van der Waals surface area (Å²) < 4.78 is 27.8. The van der Waals surface area contributed by atoms with Gasteiger partial charge in [-0.05, 0) is 48.7 Å². The lowest BCUT2D eigenvalue weighted by atomic mass is 10.1. The third-order valence-corrected chi connectivity index (χ3v) is 6.93. The Morgan fingerprint density at radius 1 is 1.00 bits per heavy atom. The van der Waals surface area contributed by atoms with Gasteiger partial charge in [-0.25, -0.2) is 9.18 Å². The van der Waals surface area contributed by atoms with Gasteiger partial charge in [-0.3, -0.25) is 18.7 Å². The average Bonchev–Trinajstić information content (AvgIpc) is 3.74. The van der Waals surface area contributed by atoms with E-state index in [0.717, 1.165) is 17.4 Å². The number of carbonyl (C=O) groups is 1. The molecule has 1 aliphatic rings. The van der Waals surface area contributed by atoms with Crippen molar-refractivity contribution in [3.63, 3.8) is 0 Å². The SMILES string of the molecule is COc1cc2c(=O)n(Cc3ccc(C(=O)NC4CC4)cc3)c(=O)n(Cc3c(F)cccc3Cl)c2cc1OC. The van der Waals surface area contributed by atoms with Crippen LogP contribution in [0.15, 0.2) is 64.2 Å². The second-order valence-electron chi connectivity index (χ2n) is 9.13. The monoisotopic (exact) mass is 537 g/mol. The molecule has 8 nitrogen and oxygen atoms in total. The summed E-state index contributed by atoms with van der Waals surface area (Å²) in [6.07, 6.45) is 1.96. The molecule has 10 heteroatoms. The highest BCUT2D eigenvalue weighted by Gasteiger charge is 2.24. The lowest BCUT2D eigenvalue weighted by Gasteiger charge is -2.17. The van der Waals surface area contributed by atoms with Crippen LogP contribution in [0.4, 0.5) is 4.39 Å². The number of nitrogens with one attached hydrogen (secondary N) is 1. The first-order valence-electron chi connectivity index (χ1n) is 12.0. The van der Waals surface area contributed by atoms with Crippen molar-refractivity contribution in [2.75, 3.05) is 14.2 Å². The van der Waals surface area contributed by atoms with Crippen molar-refractivity contribution in [3.8, 4) is 11.5 Å². The molecule has 196 valence electrons. The predicted molar refractivity (Wildman–Crippen MR) is 142 cm³/mol. The number of aromatic nitrogens is 2. The highest BCUT2D eigenvalue weighted by molar-refractivity contribution is 6.31.